The minimum atomic E-state index is -1.13. The minimum absolute atomic E-state index is 0.159. The van der Waals surface area contributed by atoms with Gasteiger partial charge in [0.1, 0.15) is 12.1 Å². The van der Waals surface area contributed by atoms with Crippen LogP contribution < -0.4 is 5.32 Å². The first-order valence-corrected chi connectivity index (χ1v) is 8.96. The summed E-state index contributed by atoms with van der Waals surface area (Å²) in [5.41, 5.74) is 9.93. The van der Waals surface area contributed by atoms with Crippen molar-refractivity contribution in [3.8, 4) is 0 Å². The first-order chi connectivity index (χ1) is 13.9. The molecule has 1 aliphatic heterocycles. The standard InChI is InChI=1S/C21H18N4O4/c1-13(25-20(28)15-9-5-6-10-16(15)21(25)29)19(27)24-17(18(26)12-23-22)11-14-7-3-2-4-8-14/h2-10,12-13,17H,11H2,1H3,(H,24,27)/t13-,17+/m0/s1. The molecule has 0 spiro atoms. The Morgan fingerprint density at radius 2 is 1.59 bits per heavy atom. The van der Waals surface area contributed by atoms with Crippen LogP contribution in [0, 0.1) is 0 Å². The molecule has 1 N–H and O–H groups in total. The Kier molecular flexibility index (Phi) is 5.76. The number of carbonyl (C=O) groups excluding carboxylic acids is 4. The van der Waals surface area contributed by atoms with Crippen molar-refractivity contribution in [1.82, 2.24) is 10.2 Å². The van der Waals surface area contributed by atoms with E-state index < -0.39 is 35.6 Å². The number of rotatable bonds is 7. The second kappa shape index (κ2) is 8.41. The molecular formula is C21H18N4O4. The Balaban J connectivity index is 1.79. The molecule has 2 aromatic carbocycles. The van der Waals surface area contributed by atoms with E-state index in [0.29, 0.717) is 6.21 Å². The van der Waals surface area contributed by atoms with Crippen LogP contribution in [0.25, 0.3) is 5.53 Å². The predicted octanol–water partition coefficient (Wildman–Crippen LogP) is 1.27. The zero-order chi connectivity index (χ0) is 21.0. The SMILES string of the molecule is C[C@@H](C(=O)N[C@H](Cc1ccccc1)C(=O)C=[N+]=[N-])N1C(=O)c2ccccc2C1=O. The first kappa shape index (κ1) is 19.9. The molecule has 2 atom stereocenters. The fourth-order valence-electron chi connectivity index (χ4n) is 3.19. The number of nitrogens with one attached hydrogen (secondary N) is 1. The van der Waals surface area contributed by atoms with Crippen LogP contribution >= 0.6 is 0 Å². The van der Waals surface area contributed by atoms with Crippen LogP contribution in [0.4, 0.5) is 0 Å². The van der Waals surface area contributed by atoms with E-state index in [1.165, 1.54) is 19.1 Å². The van der Waals surface area contributed by atoms with Gasteiger partial charge >= 0.3 is 6.21 Å². The molecule has 8 nitrogen and oxygen atoms in total. The van der Waals surface area contributed by atoms with E-state index in [1.807, 2.05) is 6.07 Å². The molecule has 0 radical (unpaired) electrons. The summed E-state index contributed by atoms with van der Waals surface area (Å²) >= 11 is 0. The lowest BCUT2D eigenvalue weighted by Gasteiger charge is -2.24. The van der Waals surface area contributed by atoms with Crippen LogP contribution in [0.1, 0.15) is 33.2 Å². The van der Waals surface area contributed by atoms with Crippen molar-refractivity contribution in [3.63, 3.8) is 0 Å². The van der Waals surface area contributed by atoms with Crippen molar-refractivity contribution < 1.29 is 24.0 Å². The van der Waals surface area contributed by atoms with Crippen LogP contribution in [-0.4, -0.2) is 51.5 Å². The maximum Gasteiger partial charge on any atom is 0.325 e. The number of ketones is 1. The van der Waals surface area contributed by atoms with Gasteiger partial charge in [-0.15, -0.1) is 0 Å². The number of benzene rings is 2. The van der Waals surface area contributed by atoms with Crippen molar-refractivity contribution in [2.24, 2.45) is 0 Å². The Bertz CT molecular complexity index is 993. The highest BCUT2D eigenvalue weighted by Crippen LogP contribution is 2.24. The van der Waals surface area contributed by atoms with E-state index in [-0.39, 0.29) is 17.5 Å². The third kappa shape index (κ3) is 4.02. The van der Waals surface area contributed by atoms with Crippen LogP contribution in [0.3, 0.4) is 0 Å². The second-order valence-corrected chi connectivity index (χ2v) is 6.60. The van der Waals surface area contributed by atoms with E-state index in [0.717, 1.165) is 10.5 Å². The van der Waals surface area contributed by atoms with Crippen molar-refractivity contribution >= 4 is 29.7 Å². The first-order valence-electron chi connectivity index (χ1n) is 8.96. The number of hydrogen-bond donors (Lipinski definition) is 1. The maximum atomic E-state index is 12.8. The second-order valence-electron chi connectivity index (χ2n) is 6.60. The largest absolute Gasteiger partial charge is 0.361 e. The highest BCUT2D eigenvalue weighted by Gasteiger charge is 2.41. The number of nitrogens with zero attached hydrogens (tertiary/aromatic N) is 3. The van der Waals surface area contributed by atoms with Gasteiger partial charge in [0.05, 0.1) is 11.1 Å². The lowest BCUT2D eigenvalue weighted by atomic mass is 10.0. The molecule has 0 bridgehead atoms. The van der Waals surface area contributed by atoms with Crippen LogP contribution in [-0.2, 0) is 16.0 Å². The lowest BCUT2D eigenvalue weighted by molar-refractivity contribution is -0.128. The molecular weight excluding hydrogens is 372 g/mol. The monoisotopic (exact) mass is 390 g/mol. The van der Waals surface area contributed by atoms with Crippen molar-refractivity contribution in [1.29, 1.82) is 0 Å². The summed E-state index contributed by atoms with van der Waals surface area (Å²) in [6, 6.07) is 13.2. The minimum Gasteiger partial charge on any atom is -0.361 e. The number of Topliss-reactive ketones (excluding diaryl/α,β-unsaturated/α-hetero) is 1. The quantitative estimate of drug-likeness (QED) is 0.331. The molecule has 146 valence electrons. The third-order valence-corrected chi connectivity index (χ3v) is 4.72. The number of hydrogen-bond acceptors (Lipinski definition) is 4. The van der Waals surface area contributed by atoms with Gasteiger partial charge in [0.2, 0.25) is 5.91 Å². The van der Waals surface area contributed by atoms with E-state index in [1.54, 1.807) is 36.4 Å². The average molecular weight is 390 g/mol. The Labute approximate surface area is 166 Å². The molecule has 2 aromatic rings. The predicted molar refractivity (Wildman–Crippen MR) is 103 cm³/mol. The van der Waals surface area contributed by atoms with Gasteiger partial charge in [0.15, 0.2) is 0 Å². The zero-order valence-electron chi connectivity index (χ0n) is 15.6. The fourth-order valence-corrected chi connectivity index (χ4v) is 3.19. The zero-order valence-corrected chi connectivity index (χ0v) is 15.6. The number of imide groups is 1. The average Bonchev–Trinajstić information content (AvgIpc) is 2.98. The summed E-state index contributed by atoms with van der Waals surface area (Å²) in [4.78, 5) is 53.8. The Morgan fingerprint density at radius 3 is 2.14 bits per heavy atom. The summed E-state index contributed by atoms with van der Waals surface area (Å²) in [7, 11) is 0. The smallest absolute Gasteiger partial charge is 0.325 e. The van der Waals surface area contributed by atoms with Gasteiger partial charge in [-0.1, -0.05) is 42.5 Å². The van der Waals surface area contributed by atoms with E-state index in [2.05, 4.69) is 10.1 Å². The molecule has 0 fully saturated rings. The summed E-state index contributed by atoms with van der Waals surface area (Å²) < 4.78 is 0. The van der Waals surface area contributed by atoms with E-state index in [9.17, 15) is 19.2 Å². The Hall–Kier alpha value is -3.90. The van der Waals surface area contributed by atoms with Gasteiger partial charge in [-0.2, -0.15) is 4.79 Å². The topological polar surface area (TPSA) is 120 Å². The molecule has 1 aliphatic rings. The van der Waals surface area contributed by atoms with Crippen molar-refractivity contribution in [3.05, 3.63) is 76.8 Å². The fraction of sp³-hybridized carbons (Fsp3) is 0.190. The molecule has 0 aromatic heterocycles. The van der Waals surface area contributed by atoms with Gasteiger partial charge in [-0.05, 0) is 24.6 Å². The molecule has 0 aliphatic carbocycles. The van der Waals surface area contributed by atoms with Gasteiger partial charge < -0.3 is 10.8 Å². The van der Waals surface area contributed by atoms with Crippen LogP contribution in [0.2, 0.25) is 0 Å². The number of carbonyl (C=O) groups is 4. The Morgan fingerprint density at radius 1 is 1.03 bits per heavy atom. The lowest BCUT2D eigenvalue weighted by Crippen LogP contribution is -2.52. The summed E-state index contributed by atoms with van der Waals surface area (Å²) in [6.45, 7) is 1.42. The normalized spacial score (nSPS) is 14.6. The molecule has 3 amide bonds. The van der Waals surface area contributed by atoms with E-state index in [4.69, 9.17) is 5.53 Å². The number of fused-ring (bicyclic) bond motifs is 1. The molecule has 1 heterocycles. The molecule has 8 heteroatoms. The van der Waals surface area contributed by atoms with Gasteiger partial charge in [-0.3, -0.25) is 24.1 Å². The van der Waals surface area contributed by atoms with Gasteiger partial charge in [-0.25, -0.2) is 0 Å². The van der Waals surface area contributed by atoms with Crippen LogP contribution in [0.5, 0.6) is 0 Å². The number of amides is 3. The molecule has 3 rings (SSSR count). The summed E-state index contributed by atoms with van der Waals surface area (Å²) in [6.07, 6.45) is 0.868. The highest BCUT2D eigenvalue weighted by atomic mass is 16.2. The highest BCUT2D eigenvalue weighted by molar-refractivity contribution is 6.28. The summed E-state index contributed by atoms with van der Waals surface area (Å²) in [5.74, 6) is -2.40. The molecule has 29 heavy (non-hydrogen) atoms. The third-order valence-electron chi connectivity index (χ3n) is 4.72. The van der Waals surface area contributed by atoms with E-state index >= 15 is 0 Å². The van der Waals surface area contributed by atoms with Crippen molar-refractivity contribution in [2.45, 2.75) is 25.4 Å². The molecule has 0 unspecified atom stereocenters. The van der Waals surface area contributed by atoms with Gasteiger partial charge in [0, 0.05) is 6.42 Å². The molecule has 0 saturated carbocycles. The molecule has 0 saturated heterocycles. The van der Waals surface area contributed by atoms with Crippen molar-refractivity contribution in [2.75, 3.05) is 0 Å². The maximum absolute atomic E-state index is 12.8. The summed E-state index contributed by atoms with van der Waals surface area (Å²) in [5, 5.41) is 2.56. The van der Waals surface area contributed by atoms with Crippen LogP contribution in [0.15, 0.2) is 54.6 Å². The van der Waals surface area contributed by atoms with Gasteiger partial charge in [0.25, 0.3) is 17.6 Å².